The molecule has 118 valence electrons. The molecule has 1 unspecified atom stereocenters. The molecule has 0 bridgehead atoms. The Hall–Kier alpha value is -1.55. The van der Waals surface area contributed by atoms with Gasteiger partial charge in [0, 0.05) is 25.7 Å². The molecule has 10 heteroatoms. The van der Waals surface area contributed by atoms with E-state index in [-0.39, 0.29) is 4.90 Å². The molecular weight excluding hydrogens is 308 g/mol. The Morgan fingerprint density at radius 1 is 1.57 bits per heavy atom. The summed E-state index contributed by atoms with van der Waals surface area (Å²) < 4.78 is 53.7. The topological polar surface area (TPSA) is 92.5 Å². The van der Waals surface area contributed by atoms with Crippen LogP contribution in [0.4, 0.5) is 8.78 Å². The lowest BCUT2D eigenvalue weighted by Crippen LogP contribution is -2.51. The largest absolute Gasteiger partial charge is 0.481 e. The van der Waals surface area contributed by atoms with Crippen LogP contribution >= 0.6 is 0 Å². The zero-order valence-corrected chi connectivity index (χ0v) is 12.1. The van der Waals surface area contributed by atoms with Crippen LogP contribution in [-0.4, -0.2) is 52.6 Å². The molecule has 0 aliphatic carbocycles. The third kappa shape index (κ3) is 3.21. The second kappa shape index (κ2) is 5.34. The molecule has 1 N–H and O–H groups in total. The molecule has 0 amide bonds. The fraction of sp³-hybridized carbons (Fsp3) is 0.636. The number of nitrogens with zero attached hydrogens (tertiary/aromatic N) is 3. The van der Waals surface area contributed by atoms with Crippen LogP contribution in [0.1, 0.15) is 13.3 Å². The Balaban J connectivity index is 2.32. The minimum Gasteiger partial charge on any atom is -0.481 e. The van der Waals surface area contributed by atoms with Crippen LogP contribution in [0, 0.1) is 5.92 Å². The van der Waals surface area contributed by atoms with E-state index >= 15 is 0 Å². The Morgan fingerprint density at radius 2 is 2.24 bits per heavy atom. The van der Waals surface area contributed by atoms with E-state index in [1.807, 2.05) is 0 Å². The molecule has 0 saturated carbocycles. The summed E-state index contributed by atoms with van der Waals surface area (Å²) in [5, 5.41) is 12.7. The lowest BCUT2D eigenvalue weighted by atomic mass is 9.97. The number of sulfonamides is 1. The van der Waals surface area contributed by atoms with Gasteiger partial charge in [-0.1, -0.05) is 0 Å². The van der Waals surface area contributed by atoms with Crippen molar-refractivity contribution in [2.45, 2.75) is 30.7 Å². The van der Waals surface area contributed by atoms with Gasteiger partial charge >= 0.3 is 5.97 Å². The fourth-order valence-electron chi connectivity index (χ4n) is 2.21. The average molecular weight is 323 g/mol. The van der Waals surface area contributed by atoms with Crippen LogP contribution in [0.2, 0.25) is 0 Å². The quantitative estimate of drug-likeness (QED) is 0.877. The van der Waals surface area contributed by atoms with Gasteiger partial charge < -0.3 is 5.11 Å². The Labute approximate surface area is 120 Å². The maximum atomic E-state index is 13.6. The molecular formula is C11H15F2N3O4S. The number of halogens is 2. The van der Waals surface area contributed by atoms with Gasteiger partial charge in [-0.3, -0.25) is 9.48 Å². The predicted octanol–water partition coefficient (Wildman–Crippen LogP) is 0.633. The standard InChI is InChI=1S/C11H15F2N3O4S/c1-2-15-6-9(4-14-15)21(19,20)16-5-8(10(17)18)3-11(12,13)7-16/h4,6,8H,2-3,5,7H2,1H3,(H,17,18). The third-order valence-corrected chi connectivity index (χ3v) is 5.06. The molecule has 0 aromatic carbocycles. The first kappa shape index (κ1) is 15.8. The Morgan fingerprint density at radius 3 is 2.76 bits per heavy atom. The first-order chi connectivity index (χ1) is 9.65. The monoisotopic (exact) mass is 323 g/mol. The normalized spacial score (nSPS) is 23.1. The molecule has 1 fully saturated rings. The molecule has 2 rings (SSSR count). The summed E-state index contributed by atoms with van der Waals surface area (Å²) in [4.78, 5) is 10.7. The van der Waals surface area contributed by atoms with Crippen molar-refractivity contribution in [3.8, 4) is 0 Å². The molecule has 1 aliphatic rings. The van der Waals surface area contributed by atoms with Gasteiger partial charge in [0.25, 0.3) is 5.92 Å². The van der Waals surface area contributed by atoms with Gasteiger partial charge in [-0.05, 0) is 6.92 Å². The number of carbonyl (C=O) groups is 1. The van der Waals surface area contributed by atoms with Crippen LogP contribution in [0.25, 0.3) is 0 Å². The summed E-state index contributed by atoms with van der Waals surface area (Å²) in [7, 11) is -4.18. The van der Waals surface area contributed by atoms with Gasteiger partial charge in [0.05, 0.1) is 18.7 Å². The van der Waals surface area contributed by atoms with Gasteiger partial charge in [-0.2, -0.15) is 9.40 Å². The lowest BCUT2D eigenvalue weighted by molar-refractivity contribution is -0.150. The minimum atomic E-state index is -4.18. The number of hydrogen-bond donors (Lipinski definition) is 1. The number of alkyl halides is 2. The number of aromatic nitrogens is 2. The first-order valence-corrected chi connectivity index (χ1v) is 7.73. The summed E-state index contributed by atoms with van der Waals surface area (Å²) in [6, 6.07) is 0. The smallest absolute Gasteiger partial charge is 0.308 e. The van der Waals surface area contributed by atoms with E-state index in [1.165, 1.54) is 10.9 Å². The van der Waals surface area contributed by atoms with E-state index in [1.54, 1.807) is 6.92 Å². The van der Waals surface area contributed by atoms with E-state index in [9.17, 15) is 22.0 Å². The Kier molecular flexibility index (Phi) is 4.02. The van der Waals surface area contributed by atoms with Crippen LogP contribution in [0.3, 0.4) is 0 Å². The average Bonchev–Trinajstić information content (AvgIpc) is 2.86. The van der Waals surface area contributed by atoms with Gasteiger partial charge in [-0.15, -0.1) is 0 Å². The molecule has 1 aliphatic heterocycles. The summed E-state index contributed by atoms with van der Waals surface area (Å²) in [6.45, 7) is 0.698. The number of rotatable bonds is 4. The molecule has 0 radical (unpaired) electrons. The summed E-state index contributed by atoms with van der Waals surface area (Å²) in [6.07, 6.45) is 1.45. The van der Waals surface area contributed by atoms with Gasteiger partial charge in [-0.25, -0.2) is 17.2 Å². The highest BCUT2D eigenvalue weighted by Crippen LogP contribution is 2.33. The molecule has 2 heterocycles. The second-order valence-corrected chi connectivity index (χ2v) is 6.86. The number of hydrogen-bond acceptors (Lipinski definition) is 4. The van der Waals surface area contributed by atoms with Gasteiger partial charge in [0.15, 0.2) is 0 Å². The molecule has 1 aromatic rings. The van der Waals surface area contributed by atoms with Crippen LogP contribution in [0.15, 0.2) is 17.3 Å². The number of aliphatic carboxylic acids is 1. The van der Waals surface area contributed by atoms with Crippen LogP contribution < -0.4 is 0 Å². The van der Waals surface area contributed by atoms with Crippen molar-refractivity contribution >= 4 is 16.0 Å². The van der Waals surface area contributed by atoms with Crippen molar-refractivity contribution in [1.82, 2.24) is 14.1 Å². The highest BCUT2D eigenvalue weighted by Gasteiger charge is 2.47. The predicted molar refractivity (Wildman–Crippen MR) is 67.3 cm³/mol. The highest BCUT2D eigenvalue weighted by atomic mass is 32.2. The zero-order chi connectivity index (χ0) is 15.8. The minimum absolute atomic E-state index is 0.216. The van der Waals surface area contributed by atoms with Crippen molar-refractivity contribution in [2.75, 3.05) is 13.1 Å². The third-order valence-electron chi connectivity index (χ3n) is 3.30. The van der Waals surface area contributed by atoms with Crippen molar-refractivity contribution in [3.05, 3.63) is 12.4 Å². The fourth-order valence-corrected chi connectivity index (χ4v) is 3.67. The van der Waals surface area contributed by atoms with Gasteiger partial charge in [0.2, 0.25) is 10.0 Å². The molecule has 1 aromatic heterocycles. The number of aryl methyl sites for hydroxylation is 1. The van der Waals surface area contributed by atoms with Crippen LogP contribution in [0.5, 0.6) is 0 Å². The number of piperidine rings is 1. The molecule has 1 saturated heterocycles. The molecule has 0 spiro atoms. The second-order valence-electron chi connectivity index (χ2n) is 4.92. The van der Waals surface area contributed by atoms with Crippen molar-refractivity contribution in [1.29, 1.82) is 0 Å². The first-order valence-electron chi connectivity index (χ1n) is 6.29. The summed E-state index contributed by atoms with van der Waals surface area (Å²) >= 11 is 0. The van der Waals surface area contributed by atoms with E-state index in [2.05, 4.69) is 5.10 Å². The molecule has 7 nitrogen and oxygen atoms in total. The maximum Gasteiger partial charge on any atom is 0.308 e. The SMILES string of the molecule is CCn1cc(S(=O)(=O)N2CC(C(=O)O)CC(F)(F)C2)cn1. The van der Waals surface area contributed by atoms with E-state index in [4.69, 9.17) is 5.11 Å². The van der Waals surface area contributed by atoms with Crippen molar-refractivity contribution < 1.29 is 27.1 Å². The van der Waals surface area contributed by atoms with Gasteiger partial charge in [0.1, 0.15) is 4.90 Å². The number of carboxylic acids is 1. The molecule has 21 heavy (non-hydrogen) atoms. The highest BCUT2D eigenvalue weighted by molar-refractivity contribution is 7.89. The van der Waals surface area contributed by atoms with E-state index in [0.717, 1.165) is 6.20 Å². The Bertz CT molecular complexity index is 644. The van der Waals surface area contributed by atoms with E-state index in [0.29, 0.717) is 10.8 Å². The zero-order valence-electron chi connectivity index (χ0n) is 11.2. The maximum absolute atomic E-state index is 13.6. The summed E-state index contributed by atoms with van der Waals surface area (Å²) in [5.41, 5.74) is 0. The number of carboxylic acid groups (broad SMARTS) is 1. The lowest BCUT2D eigenvalue weighted by Gasteiger charge is -2.34. The van der Waals surface area contributed by atoms with Crippen LogP contribution in [-0.2, 0) is 21.4 Å². The van der Waals surface area contributed by atoms with Crippen molar-refractivity contribution in [3.63, 3.8) is 0 Å². The van der Waals surface area contributed by atoms with Crippen molar-refractivity contribution in [2.24, 2.45) is 5.92 Å². The molecule has 1 atom stereocenters. The summed E-state index contributed by atoms with van der Waals surface area (Å²) in [5.74, 6) is -6.22. The van der Waals surface area contributed by atoms with E-state index < -0.39 is 47.3 Å².